The molecule has 3 N–H and O–H groups in total. The van der Waals surface area contributed by atoms with E-state index in [0.29, 0.717) is 11.4 Å². The van der Waals surface area contributed by atoms with E-state index in [4.69, 9.17) is 15.6 Å². The highest BCUT2D eigenvalue weighted by Crippen LogP contribution is 2.22. The van der Waals surface area contributed by atoms with Gasteiger partial charge in [-0.15, -0.1) is 0 Å². The predicted molar refractivity (Wildman–Crippen MR) is 71.1 cm³/mol. The molecule has 0 spiro atoms. The molecule has 0 aliphatic heterocycles. The number of hydrogen-bond donors (Lipinski definition) is 2. The Balaban J connectivity index is 2.17. The van der Waals surface area contributed by atoms with Crippen LogP contribution in [0.15, 0.2) is 36.7 Å². The summed E-state index contributed by atoms with van der Waals surface area (Å²) in [6.45, 7) is 2.20. The first-order chi connectivity index (χ1) is 9.06. The van der Waals surface area contributed by atoms with Gasteiger partial charge >= 0.3 is 5.97 Å². The second-order valence-corrected chi connectivity index (χ2v) is 4.22. The molecule has 0 radical (unpaired) electrons. The molecule has 0 atom stereocenters. The number of carboxylic acids is 1. The third-order valence-corrected chi connectivity index (χ3v) is 2.56. The van der Waals surface area contributed by atoms with Crippen molar-refractivity contribution in [2.75, 3.05) is 5.73 Å². The molecule has 5 heteroatoms. The lowest BCUT2D eigenvalue weighted by Gasteiger charge is -2.10. The molecular formula is C14H14N2O3. The van der Waals surface area contributed by atoms with Crippen LogP contribution in [0.4, 0.5) is 5.69 Å². The van der Waals surface area contributed by atoms with Crippen LogP contribution in [0, 0.1) is 6.92 Å². The molecule has 0 saturated carbocycles. The smallest absolute Gasteiger partial charge is 0.339 e. The van der Waals surface area contributed by atoms with Crippen molar-refractivity contribution in [1.29, 1.82) is 0 Å². The minimum Gasteiger partial charge on any atom is -0.488 e. The number of nitrogen functional groups attached to an aromatic ring is 1. The molecule has 2 rings (SSSR count). The van der Waals surface area contributed by atoms with Gasteiger partial charge in [-0.3, -0.25) is 4.98 Å². The van der Waals surface area contributed by atoms with Gasteiger partial charge in [-0.05, 0) is 36.8 Å². The largest absolute Gasteiger partial charge is 0.488 e. The number of anilines is 1. The van der Waals surface area contributed by atoms with Crippen molar-refractivity contribution in [2.45, 2.75) is 13.5 Å². The number of ether oxygens (including phenoxy) is 1. The molecule has 0 aliphatic carbocycles. The quantitative estimate of drug-likeness (QED) is 0.821. The molecule has 0 aliphatic rings. The summed E-state index contributed by atoms with van der Waals surface area (Å²) < 4.78 is 5.52. The summed E-state index contributed by atoms with van der Waals surface area (Å²) in [5.41, 5.74) is 7.92. The van der Waals surface area contributed by atoms with E-state index < -0.39 is 5.97 Å². The highest BCUT2D eigenvalue weighted by Gasteiger charge is 2.11. The highest BCUT2D eigenvalue weighted by atomic mass is 16.5. The van der Waals surface area contributed by atoms with E-state index in [-0.39, 0.29) is 12.2 Å². The normalized spacial score (nSPS) is 10.2. The maximum atomic E-state index is 11.1. The van der Waals surface area contributed by atoms with Crippen molar-refractivity contribution >= 4 is 11.7 Å². The molecule has 1 aromatic carbocycles. The summed E-state index contributed by atoms with van der Waals surface area (Å²) >= 11 is 0. The molecule has 2 aromatic rings. The zero-order chi connectivity index (χ0) is 13.8. The fraction of sp³-hybridized carbons (Fsp3) is 0.143. The monoisotopic (exact) mass is 258 g/mol. The predicted octanol–water partition coefficient (Wildman–Crippen LogP) is 2.25. The third-order valence-electron chi connectivity index (χ3n) is 2.56. The molecule has 98 valence electrons. The van der Waals surface area contributed by atoms with E-state index in [9.17, 15) is 4.79 Å². The van der Waals surface area contributed by atoms with Crippen molar-refractivity contribution < 1.29 is 14.6 Å². The number of aromatic carboxylic acids is 1. The second-order valence-electron chi connectivity index (χ2n) is 4.22. The van der Waals surface area contributed by atoms with Crippen LogP contribution >= 0.6 is 0 Å². The summed E-state index contributed by atoms with van der Waals surface area (Å²) in [6.07, 6.45) is 3.43. The zero-order valence-corrected chi connectivity index (χ0v) is 10.5. The van der Waals surface area contributed by atoms with Crippen LogP contribution in [-0.2, 0) is 6.61 Å². The van der Waals surface area contributed by atoms with Gasteiger partial charge in [-0.1, -0.05) is 0 Å². The zero-order valence-electron chi connectivity index (χ0n) is 10.5. The SMILES string of the molecule is Cc1cncc(COc2ccc(N)cc2C(=O)O)c1. The Morgan fingerprint density at radius 1 is 1.37 bits per heavy atom. The minimum atomic E-state index is -1.07. The van der Waals surface area contributed by atoms with E-state index in [1.807, 2.05) is 13.0 Å². The van der Waals surface area contributed by atoms with Crippen molar-refractivity contribution in [3.05, 3.63) is 53.3 Å². The third kappa shape index (κ3) is 3.22. The van der Waals surface area contributed by atoms with Gasteiger partial charge in [0, 0.05) is 23.6 Å². The molecule has 5 nitrogen and oxygen atoms in total. The molecule has 19 heavy (non-hydrogen) atoms. The fourth-order valence-corrected chi connectivity index (χ4v) is 1.70. The number of rotatable bonds is 4. The number of nitrogens with two attached hydrogens (primary N) is 1. The summed E-state index contributed by atoms with van der Waals surface area (Å²) in [4.78, 5) is 15.1. The lowest BCUT2D eigenvalue weighted by molar-refractivity contribution is 0.0692. The number of carbonyl (C=O) groups is 1. The maximum absolute atomic E-state index is 11.1. The van der Waals surface area contributed by atoms with E-state index >= 15 is 0 Å². The van der Waals surface area contributed by atoms with Gasteiger partial charge in [-0.2, -0.15) is 0 Å². The van der Waals surface area contributed by atoms with Crippen LogP contribution in [0.1, 0.15) is 21.5 Å². The molecule has 1 heterocycles. The summed E-state index contributed by atoms with van der Waals surface area (Å²) in [5, 5.41) is 9.08. The number of aromatic nitrogens is 1. The summed E-state index contributed by atoms with van der Waals surface area (Å²) in [7, 11) is 0. The van der Waals surface area contributed by atoms with Crippen LogP contribution in [0.3, 0.4) is 0 Å². The average Bonchev–Trinajstić information content (AvgIpc) is 2.37. The molecule has 0 saturated heterocycles. The number of aryl methyl sites for hydroxylation is 1. The van der Waals surface area contributed by atoms with Crippen molar-refractivity contribution in [1.82, 2.24) is 4.98 Å². The molecule has 0 bridgehead atoms. The maximum Gasteiger partial charge on any atom is 0.339 e. The van der Waals surface area contributed by atoms with Gasteiger partial charge in [0.25, 0.3) is 0 Å². The van der Waals surface area contributed by atoms with Crippen LogP contribution in [-0.4, -0.2) is 16.1 Å². The van der Waals surface area contributed by atoms with Gasteiger partial charge in [-0.25, -0.2) is 4.79 Å². The number of carboxylic acid groups (broad SMARTS) is 1. The van der Waals surface area contributed by atoms with E-state index in [1.165, 1.54) is 6.07 Å². The fourth-order valence-electron chi connectivity index (χ4n) is 1.70. The lowest BCUT2D eigenvalue weighted by atomic mass is 10.2. The Morgan fingerprint density at radius 2 is 2.16 bits per heavy atom. The van der Waals surface area contributed by atoms with Gasteiger partial charge in [0.05, 0.1) is 0 Å². The molecule has 0 unspecified atom stereocenters. The van der Waals surface area contributed by atoms with E-state index in [2.05, 4.69) is 4.98 Å². The average molecular weight is 258 g/mol. The first kappa shape index (κ1) is 12.9. The van der Waals surface area contributed by atoms with E-state index in [1.54, 1.807) is 24.5 Å². The minimum absolute atomic E-state index is 0.0561. The first-order valence-electron chi connectivity index (χ1n) is 5.72. The number of pyridine rings is 1. The van der Waals surface area contributed by atoms with Crippen LogP contribution in [0.5, 0.6) is 5.75 Å². The van der Waals surface area contributed by atoms with Crippen molar-refractivity contribution in [2.24, 2.45) is 0 Å². The Labute approximate surface area is 110 Å². The van der Waals surface area contributed by atoms with Crippen LogP contribution < -0.4 is 10.5 Å². The van der Waals surface area contributed by atoms with E-state index in [0.717, 1.165) is 11.1 Å². The first-order valence-corrected chi connectivity index (χ1v) is 5.72. The number of nitrogens with zero attached hydrogens (tertiary/aromatic N) is 1. The summed E-state index contributed by atoms with van der Waals surface area (Å²) in [6, 6.07) is 6.48. The summed E-state index contributed by atoms with van der Waals surface area (Å²) in [5.74, 6) is -0.770. The van der Waals surface area contributed by atoms with Crippen molar-refractivity contribution in [3.63, 3.8) is 0 Å². The van der Waals surface area contributed by atoms with Gasteiger partial charge < -0.3 is 15.6 Å². The number of hydrogen-bond acceptors (Lipinski definition) is 4. The Hall–Kier alpha value is -2.56. The Morgan fingerprint density at radius 3 is 2.84 bits per heavy atom. The Kier molecular flexibility index (Phi) is 3.66. The molecular weight excluding hydrogens is 244 g/mol. The second kappa shape index (κ2) is 5.39. The van der Waals surface area contributed by atoms with Gasteiger partial charge in [0.1, 0.15) is 17.9 Å². The van der Waals surface area contributed by atoms with Crippen LogP contribution in [0.25, 0.3) is 0 Å². The molecule has 0 amide bonds. The van der Waals surface area contributed by atoms with Gasteiger partial charge in [0.2, 0.25) is 0 Å². The standard InChI is InChI=1S/C14H14N2O3/c1-9-4-10(7-16-6-9)8-19-13-3-2-11(15)5-12(13)14(17)18/h2-7H,8,15H2,1H3,(H,17,18). The topological polar surface area (TPSA) is 85.4 Å². The van der Waals surface area contributed by atoms with Gasteiger partial charge in [0.15, 0.2) is 0 Å². The van der Waals surface area contributed by atoms with Crippen molar-refractivity contribution in [3.8, 4) is 5.75 Å². The number of benzene rings is 1. The van der Waals surface area contributed by atoms with Crippen LogP contribution in [0.2, 0.25) is 0 Å². The lowest BCUT2D eigenvalue weighted by Crippen LogP contribution is -2.04. The Bertz CT molecular complexity index is 611. The molecule has 1 aromatic heterocycles. The highest BCUT2D eigenvalue weighted by molar-refractivity contribution is 5.92. The molecule has 0 fully saturated rings.